The molecule has 1 saturated heterocycles. The number of benzene rings is 1. The molecular weight excluding hydrogens is 296 g/mol. The zero-order chi connectivity index (χ0) is 17.0. The molecule has 5 heteroatoms. The Morgan fingerprint density at radius 1 is 1.22 bits per heavy atom. The minimum absolute atomic E-state index is 0.145. The number of aryl methyl sites for hydroxylation is 1. The second kappa shape index (κ2) is 7.40. The van der Waals surface area contributed by atoms with Gasteiger partial charge in [0.15, 0.2) is 23.6 Å². The Bertz CT molecular complexity index is 588. The lowest BCUT2D eigenvalue weighted by Crippen LogP contribution is -2.28. The van der Waals surface area contributed by atoms with Gasteiger partial charge in [-0.1, -0.05) is 26.0 Å². The van der Waals surface area contributed by atoms with E-state index in [1.165, 1.54) is 0 Å². The molecule has 0 aromatic heterocycles. The van der Waals surface area contributed by atoms with Gasteiger partial charge in [-0.25, -0.2) is 0 Å². The van der Waals surface area contributed by atoms with Gasteiger partial charge in [0.1, 0.15) is 5.75 Å². The van der Waals surface area contributed by atoms with Gasteiger partial charge in [-0.05, 0) is 36.5 Å². The van der Waals surface area contributed by atoms with Crippen molar-refractivity contribution in [3.8, 4) is 5.75 Å². The van der Waals surface area contributed by atoms with Gasteiger partial charge in [0.25, 0.3) is 0 Å². The number of esters is 1. The van der Waals surface area contributed by atoms with Crippen molar-refractivity contribution < 1.29 is 23.9 Å². The summed E-state index contributed by atoms with van der Waals surface area (Å²) in [6.45, 7) is 3.89. The molecule has 1 fully saturated rings. The lowest BCUT2D eigenvalue weighted by atomic mass is 9.91. The Hall–Kier alpha value is -2.17. The second-order valence-electron chi connectivity index (χ2n) is 6.20. The molecule has 124 valence electrons. The van der Waals surface area contributed by atoms with Gasteiger partial charge in [0.05, 0.1) is 7.11 Å². The van der Waals surface area contributed by atoms with E-state index in [0.717, 1.165) is 11.3 Å². The summed E-state index contributed by atoms with van der Waals surface area (Å²) in [7, 11) is 1.59. The van der Waals surface area contributed by atoms with Gasteiger partial charge in [-0.2, -0.15) is 0 Å². The fourth-order valence-electron chi connectivity index (χ4n) is 2.65. The summed E-state index contributed by atoms with van der Waals surface area (Å²) < 4.78 is 10.1. The van der Waals surface area contributed by atoms with Gasteiger partial charge >= 0.3 is 5.97 Å². The summed E-state index contributed by atoms with van der Waals surface area (Å²) >= 11 is 0. The number of cyclic esters (lactones) is 1. The summed E-state index contributed by atoms with van der Waals surface area (Å²) in [4.78, 5) is 36.3. The molecule has 2 atom stereocenters. The fourth-order valence-corrected chi connectivity index (χ4v) is 2.65. The van der Waals surface area contributed by atoms with Crippen molar-refractivity contribution >= 4 is 17.5 Å². The molecule has 0 N–H and O–H groups in total. The first-order chi connectivity index (χ1) is 10.9. The van der Waals surface area contributed by atoms with Gasteiger partial charge in [0, 0.05) is 6.42 Å². The van der Waals surface area contributed by atoms with Crippen molar-refractivity contribution in [2.24, 2.45) is 11.8 Å². The number of methoxy groups -OCH3 is 1. The van der Waals surface area contributed by atoms with Crippen molar-refractivity contribution in [2.75, 3.05) is 7.11 Å². The Morgan fingerprint density at radius 3 is 2.43 bits per heavy atom. The van der Waals surface area contributed by atoms with E-state index in [2.05, 4.69) is 0 Å². The summed E-state index contributed by atoms with van der Waals surface area (Å²) in [5, 5.41) is 0. The van der Waals surface area contributed by atoms with Crippen LogP contribution in [0.4, 0.5) is 0 Å². The van der Waals surface area contributed by atoms with Crippen molar-refractivity contribution in [1.29, 1.82) is 0 Å². The number of hydrogen-bond acceptors (Lipinski definition) is 5. The van der Waals surface area contributed by atoms with Crippen LogP contribution in [0.3, 0.4) is 0 Å². The highest BCUT2D eigenvalue weighted by Gasteiger charge is 2.47. The smallest absolute Gasteiger partial charge is 0.325 e. The van der Waals surface area contributed by atoms with Crippen LogP contribution in [0.5, 0.6) is 5.75 Å². The SMILES string of the molecule is COc1ccc(CCC(=O)C2C(=O)OC(CC(C)C)C2=O)cc1. The predicted octanol–water partition coefficient (Wildman–Crippen LogP) is 2.35. The number of carbonyl (C=O) groups excluding carboxylic acids is 3. The first kappa shape index (κ1) is 17.2. The van der Waals surface area contributed by atoms with Gasteiger partial charge < -0.3 is 9.47 Å². The van der Waals surface area contributed by atoms with E-state index >= 15 is 0 Å². The first-order valence-electron chi connectivity index (χ1n) is 7.82. The molecule has 2 rings (SSSR count). The summed E-state index contributed by atoms with van der Waals surface area (Å²) in [5.74, 6) is -1.71. The maximum absolute atomic E-state index is 12.2. The molecule has 1 heterocycles. The lowest BCUT2D eigenvalue weighted by molar-refractivity contribution is -0.147. The monoisotopic (exact) mass is 318 g/mol. The average Bonchev–Trinajstić information content (AvgIpc) is 2.79. The van der Waals surface area contributed by atoms with Gasteiger partial charge in [-0.15, -0.1) is 0 Å². The maximum atomic E-state index is 12.2. The molecule has 1 aromatic carbocycles. The topological polar surface area (TPSA) is 69.7 Å². The number of rotatable bonds is 7. The second-order valence-corrected chi connectivity index (χ2v) is 6.20. The molecule has 1 aliphatic rings. The Balaban J connectivity index is 1.94. The largest absolute Gasteiger partial charge is 0.497 e. The molecule has 0 radical (unpaired) electrons. The molecule has 1 aromatic rings. The molecule has 5 nitrogen and oxygen atoms in total. The van der Waals surface area contributed by atoms with Crippen LogP contribution in [0, 0.1) is 11.8 Å². The molecule has 1 aliphatic heterocycles. The van der Waals surface area contributed by atoms with Crippen LogP contribution in [0.2, 0.25) is 0 Å². The molecule has 0 bridgehead atoms. The van der Waals surface area contributed by atoms with Gasteiger partial charge in [-0.3, -0.25) is 14.4 Å². The van der Waals surface area contributed by atoms with Crippen LogP contribution in [-0.2, 0) is 25.5 Å². The van der Waals surface area contributed by atoms with E-state index in [4.69, 9.17) is 9.47 Å². The van der Waals surface area contributed by atoms with Crippen LogP contribution in [-0.4, -0.2) is 30.7 Å². The van der Waals surface area contributed by atoms with E-state index in [0.29, 0.717) is 12.8 Å². The third-order valence-corrected chi connectivity index (χ3v) is 3.92. The van der Waals surface area contributed by atoms with Gasteiger partial charge in [0.2, 0.25) is 0 Å². The zero-order valence-electron chi connectivity index (χ0n) is 13.7. The van der Waals surface area contributed by atoms with Crippen LogP contribution in [0.15, 0.2) is 24.3 Å². The highest BCUT2D eigenvalue weighted by molar-refractivity contribution is 6.21. The Labute approximate surface area is 136 Å². The molecule has 2 unspecified atom stereocenters. The average molecular weight is 318 g/mol. The molecule has 23 heavy (non-hydrogen) atoms. The van der Waals surface area contributed by atoms with Crippen LogP contribution >= 0.6 is 0 Å². The van der Waals surface area contributed by atoms with Crippen molar-refractivity contribution in [3.63, 3.8) is 0 Å². The summed E-state index contributed by atoms with van der Waals surface area (Å²) in [6, 6.07) is 7.35. The Kier molecular flexibility index (Phi) is 5.53. The summed E-state index contributed by atoms with van der Waals surface area (Å²) in [6.07, 6.45) is 0.325. The van der Waals surface area contributed by atoms with Crippen molar-refractivity contribution in [1.82, 2.24) is 0 Å². The third-order valence-electron chi connectivity index (χ3n) is 3.92. The highest BCUT2D eigenvalue weighted by atomic mass is 16.6. The number of ketones is 2. The first-order valence-corrected chi connectivity index (χ1v) is 7.82. The number of ether oxygens (including phenoxy) is 2. The van der Waals surface area contributed by atoms with Crippen molar-refractivity contribution in [3.05, 3.63) is 29.8 Å². The standard InChI is InChI=1S/C18H22O5/c1-11(2)10-15-17(20)16(18(21)23-15)14(19)9-6-12-4-7-13(22-3)8-5-12/h4-5,7-8,11,15-16H,6,9-10H2,1-3H3. The summed E-state index contributed by atoms with van der Waals surface area (Å²) in [5.41, 5.74) is 0.955. The fraction of sp³-hybridized carbons (Fsp3) is 0.500. The molecular formula is C18H22O5. The maximum Gasteiger partial charge on any atom is 0.325 e. The highest BCUT2D eigenvalue weighted by Crippen LogP contribution is 2.25. The lowest BCUT2D eigenvalue weighted by Gasteiger charge is -2.09. The van der Waals surface area contributed by atoms with E-state index in [1.54, 1.807) is 7.11 Å². The predicted molar refractivity (Wildman–Crippen MR) is 84.2 cm³/mol. The van der Waals surface area contributed by atoms with E-state index in [1.807, 2.05) is 38.1 Å². The van der Waals surface area contributed by atoms with Crippen LogP contribution in [0.1, 0.15) is 32.3 Å². The zero-order valence-corrected chi connectivity index (χ0v) is 13.7. The number of Topliss-reactive ketones (excluding diaryl/α,β-unsaturated/α-hetero) is 2. The molecule has 0 amide bonds. The minimum atomic E-state index is -1.24. The quantitative estimate of drug-likeness (QED) is 0.570. The number of carbonyl (C=O) groups is 3. The molecule has 0 saturated carbocycles. The normalized spacial score (nSPS) is 20.7. The van der Waals surface area contributed by atoms with Crippen molar-refractivity contribution in [2.45, 2.75) is 39.2 Å². The van der Waals surface area contributed by atoms with E-state index in [9.17, 15) is 14.4 Å². The molecule has 0 aliphatic carbocycles. The van der Waals surface area contributed by atoms with E-state index in [-0.39, 0.29) is 23.9 Å². The third kappa shape index (κ3) is 4.18. The number of hydrogen-bond donors (Lipinski definition) is 0. The Morgan fingerprint density at radius 2 is 1.87 bits per heavy atom. The molecule has 0 spiro atoms. The van der Waals surface area contributed by atoms with E-state index < -0.39 is 18.0 Å². The minimum Gasteiger partial charge on any atom is -0.497 e. The van der Waals surface area contributed by atoms with Crippen LogP contribution < -0.4 is 4.74 Å². The van der Waals surface area contributed by atoms with Crippen LogP contribution in [0.25, 0.3) is 0 Å².